The molecule has 1 saturated carbocycles. The molecule has 27 heavy (non-hydrogen) atoms. The van der Waals surface area contributed by atoms with Crippen molar-refractivity contribution in [1.82, 2.24) is 0 Å². The lowest BCUT2D eigenvalue weighted by molar-refractivity contribution is 0.100. The van der Waals surface area contributed by atoms with Gasteiger partial charge >= 0.3 is 0 Å². The van der Waals surface area contributed by atoms with Crippen LogP contribution in [0.3, 0.4) is 0 Å². The van der Waals surface area contributed by atoms with Gasteiger partial charge in [-0.15, -0.1) is 12.4 Å². The number of hydrogen-bond acceptors (Lipinski definition) is 2. The lowest BCUT2D eigenvalue weighted by Gasteiger charge is -2.21. The molecular formula is C23H30ClNO2. The monoisotopic (exact) mass is 387 g/mol. The van der Waals surface area contributed by atoms with E-state index in [0.29, 0.717) is 5.56 Å². The zero-order valence-corrected chi connectivity index (χ0v) is 16.7. The minimum Gasteiger partial charge on any atom is -0.494 e. The SMILES string of the molecule is Cl.NC(=O)c1ccc(-c2ccc(OCCCCC3CCCCC3)cc2)cc1. The van der Waals surface area contributed by atoms with Gasteiger partial charge in [0.2, 0.25) is 5.91 Å². The van der Waals surface area contributed by atoms with Crippen LogP contribution in [0.4, 0.5) is 0 Å². The van der Waals surface area contributed by atoms with Crippen LogP contribution in [0, 0.1) is 5.92 Å². The summed E-state index contributed by atoms with van der Waals surface area (Å²) < 4.78 is 5.88. The summed E-state index contributed by atoms with van der Waals surface area (Å²) >= 11 is 0. The Morgan fingerprint density at radius 2 is 1.48 bits per heavy atom. The molecule has 4 heteroatoms. The molecule has 3 nitrogen and oxygen atoms in total. The number of hydrogen-bond donors (Lipinski definition) is 1. The first-order valence-electron chi connectivity index (χ1n) is 9.85. The molecule has 3 rings (SSSR count). The third-order valence-corrected chi connectivity index (χ3v) is 5.36. The van der Waals surface area contributed by atoms with E-state index in [0.717, 1.165) is 35.8 Å². The number of primary amides is 1. The molecule has 2 N–H and O–H groups in total. The van der Waals surface area contributed by atoms with Crippen molar-refractivity contribution in [1.29, 1.82) is 0 Å². The highest BCUT2D eigenvalue weighted by Gasteiger charge is 2.12. The molecule has 0 unspecified atom stereocenters. The number of unbranched alkanes of at least 4 members (excludes halogenated alkanes) is 1. The van der Waals surface area contributed by atoms with E-state index in [1.807, 2.05) is 24.3 Å². The van der Waals surface area contributed by atoms with Gasteiger partial charge in [0.05, 0.1) is 6.61 Å². The van der Waals surface area contributed by atoms with Crippen LogP contribution < -0.4 is 10.5 Å². The number of halogens is 1. The molecule has 146 valence electrons. The van der Waals surface area contributed by atoms with Gasteiger partial charge < -0.3 is 10.5 Å². The van der Waals surface area contributed by atoms with E-state index in [9.17, 15) is 4.79 Å². The number of carbonyl (C=O) groups excluding carboxylic acids is 1. The maximum atomic E-state index is 11.1. The second-order valence-electron chi connectivity index (χ2n) is 7.31. The second kappa shape index (κ2) is 11.0. The Balaban J connectivity index is 0.00000261. The van der Waals surface area contributed by atoms with Crippen LogP contribution in [-0.2, 0) is 0 Å². The molecule has 1 fully saturated rings. The summed E-state index contributed by atoms with van der Waals surface area (Å²) in [4.78, 5) is 11.1. The molecule has 0 saturated heterocycles. The fourth-order valence-electron chi connectivity index (χ4n) is 3.77. The minimum absolute atomic E-state index is 0. The van der Waals surface area contributed by atoms with Crippen molar-refractivity contribution in [3.8, 4) is 16.9 Å². The van der Waals surface area contributed by atoms with Crippen LogP contribution in [-0.4, -0.2) is 12.5 Å². The summed E-state index contributed by atoms with van der Waals surface area (Å²) in [6.07, 6.45) is 10.9. The normalized spacial score (nSPS) is 14.4. The van der Waals surface area contributed by atoms with Crippen molar-refractivity contribution < 1.29 is 9.53 Å². The summed E-state index contributed by atoms with van der Waals surface area (Å²) in [5.74, 6) is 1.48. The number of amides is 1. The van der Waals surface area contributed by atoms with Crippen molar-refractivity contribution >= 4 is 18.3 Å². The zero-order valence-electron chi connectivity index (χ0n) is 15.9. The molecule has 2 aromatic carbocycles. The first-order chi connectivity index (χ1) is 12.7. The summed E-state index contributed by atoms with van der Waals surface area (Å²) in [7, 11) is 0. The van der Waals surface area contributed by atoms with Crippen molar-refractivity contribution in [2.75, 3.05) is 6.61 Å². The van der Waals surface area contributed by atoms with Gasteiger partial charge in [0.1, 0.15) is 5.75 Å². The van der Waals surface area contributed by atoms with Crippen molar-refractivity contribution in [3.05, 3.63) is 54.1 Å². The highest BCUT2D eigenvalue weighted by Crippen LogP contribution is 2.28. The molecule has 2 aromatic rings. The Hall–Kier alpha value is -2.00. The predicted octanol–water partition coefficient (Wildman–Crippen LogP) is 6.00. The third kappa shape index (κ3) is 6.59. The Bertz CT molecular complexity index is 691. The van der Waals surface area contributed by atoms with Crippen LogP contribution >= 0.6 is 12.4 Å². The first kappa shape index (κ1) is 21.3. The number of nitrogens with two attached hydrogens (primary N) is 1. The Kier molecular flexibility index (Phi) is 8.66. The maximum Gasteiger partial charge on any atom is 0.248 e. The number of benzene rings is 2. The quantitative estimate of drug-likeness (QED) is 0.564. The molecule has 1 aliphatic carbocycles. The standard InChI is InChI=1S/C23H29NO2.ClH/c24-23(25)21-11-9-19(10-12-21)20-13-15-22(16-14-20)26-17-5-4-8-18-6-2-1-3-7-18;/h9-16,18H,1-8,17H2,(H2,24,25);1H. The van der Waals surface area contributed by atoms with E-state index in [2.05, 4.69) is 12.1 Å². The van der Waals surface area contributed by atoms with Gasteiger partial charge in [0.25, 0.3) is 0 Å². The fourth-order valence-corrected chi connectivity index (χ4v) is 3.77. The largest absolute Gasteiger partial charge is 0.494 e. The number of ether oxygens (including phenoxy) is 1. The number of rotatable bonds is 8. The van der Waals surface area contributed by atoms with Gasteiger partial charge in [-0.1, -0.05) is 62.8 Å². The van der Waals surface area contributed by atoms with E-state index in [4.69, 9.17) is 10.5 Å². The van der Waals surface area contributed by atoms with E-state index in [1.54, 1.807) is 12.1 Å². The highest BCUT2D eigenvalue weighted by molar-refractivity contribution is 5.93. The second-order valence-corrected chi connectivity index (χ2v) is 7.31. The van der Waals surface area contributed by atoms with Crippen LogP contribution in [0.5, 0.6) is 5.75 Å². The lowest BCUT2D eigenvalue weighted by Crippen LogP contribution is -2.10. The summed E-state index contributed by atoms with van der Waals surface area (Å²) in [5.41, 5.74) is 7.97. The topological polar surface area (TPSA) is 52.3 Å². The van der Waals surface area contributed by atoms with Gasteiger partial charge in [-0.3, -0.25) is 4.79 Å². The van der Waals surface area contributed by atoms with Gasteiger partial charge in [-0.25, -0.2) is 0 Å². The van der Waals surface area contributed by atoms with Gasteiger partial charge in [-0.05, 0) is 54.2 Å². The Morgan fingerprint density at radius 1 is 0.889 bits per heavy atom. The molecule has 0 radical (unpaired) electrons. The molecule has 1 aliphatic rings. The third-order valence-electron chi connectivity index (χ3n) is 5.36. The van der Waals surface area contributed by atoms with Crippen molar-refractivity contribution in [2.24, 2.45) is 11.7 Å². The minimum atomic E-state index is -0.399. The predicted molar refractivity (Wildman–Crippen MR) is 114 cm³/mol. The summed E-state index contributed by atoms with van der Waals surface area (Å²) in [5, 5.41) is 0. The molecule has 0 aromatic heterocycles. The van der Waals surface area contributed by atoms with E-state index in [-0.39, 0.29) is 12.4 Å². The zero-order chi connectivity index (χ0) is 18.2. The fraction of sp³-hybridized carbons (Fsp3) is 0.435. The molecule has 0 atom stereocenters. The maximum absolute atomic E-state index is 11.1. The van der Waals surface area contributed by atoms with E-state index < -0.39 is 5.91 Å². The van der Waals surface area contributed by atoms with Crippen LogP contribution in [0.15, 0.2) is 48.5 Å². The molecule has 1 amide bonds. The molecule has 0 heterocycles. The van der Waals surface area contributed by atoms with Crippen LogP contribution in [0.1, 0.15) is 61.7 Å². The van der Waals surface area contributed by atoms with E-state index >= 15 is 0 Å². The average Bonchev–Trinajstić information content (AvgIpc) is 2.69. The van der Waals surface area contributed by atoms with Gasteiger partial charge in [0, 0.05) is 5.56 Å². The lowest BCUT2D eigenvalue weighted by atomic mass is 9.86. The summed E-state index contributed by atoms with van der Waals surface area (Å²) in [6, 6.07) is 15.5. The Labute approximate surface area is 168 Å². The molecule has 0 aliphatic heterocycles. The molecule has 0 spiro atoms. The molecule has 0 bridgehead atoms. The van der Waals surface area contributed by atoms with E-state index in [1.165, 1.54) is 44.9 Å². The Morgan fingerprint density at radius 3 is 2.07 bits per heavy atom. The number of carbonyl (C=O) groups is 1. The van der Waals surface area contributed by atoms with Gasteiger partial charge in [-0.2, -0.15) is 0 Å². The highest BCUT2D eigenvalue weighted by atomic mass is 35.5. The van der Waals surface area contributed by atoms with Crippen molar-refractivity contribution in [3.63, 3.8) is 0 Å². The first-order valence-corrected chi connectivity index (χ1v) is 9.85. The van der Waals surface area contributed by atoms with Crippen LogP contribution in [0.2, 0.25) is 0 Å². The average molecular weight is 388 g/mol. The molecular weight excluding hydrogens is 358 g/mol. The summed E-state index contributed by atoms with van der Waals surface area (Å²) in [6.45, 7) is 0.791. The smallest absolute Gasteiger partial charge is 0.248 e. The van der Waals surface area contributed by atoms with Gasteiger partial charge in [0.15, 0.2) is 0 Å². The van der Waals surface area contributed by atoms with Crippen molar-refractivity contribution in [2.45, 2.75) is 51.4 Å². The van der Waals surface area contributed by atoms with Crippen LogP contribution in [0.25, 0.3) is 11.1 Å².